The minimum atomic E-state index is -0.694. The molecule has 0 aliphatic heterocycles. The smallest absolute Gasteiger partial charge is 0.258 e. The lowest BCUT2D eigenvalue weighted by atomic mass is 10.0. The number of hydrogen-bond acceptors (Lipinski definition) is 3. The third-order valence-electron chi connectivity index (χ3n) is 1.91. The van der Waals surface area contributed by atoms with Crippen molar-refractivity contribution < 1.29 is 9.31 Å². The fourth-order valence-corrected chi connectivity index (χ4v) is 1.28. The Morgan fingerprint density at radius 2 is 2.19 bits per heavy atom. The minimum Gasteiger partial charge on any atom is -0.258 e. The standard InChI is InChI=1S/C11H9FN2O2/c1-7(2)5-8-9(6-13)11(14(15)16)4-3-10(8)12/h3-5H,1-2H3. The lowest BCUT2D eigenvalue weighted by molar-refractivity contribution is -0.385. The van der Waals surface area contributed by atoms with Crippen molar-refractivity contribution in [1.82, 2.24) is 0 Å². The number of nitrogens with zero attached hydrogens (tertiary/aromatic N) is 2. The first kappa shape index (κ1) is 11.9. The third-order valence-corrected chi connectivity index (χ3v) is 1.91. The van der Waals surface area contributed by atoms with Crippen LogP contribution in [0.3, 0.4) is 0 Å². The van der Waals surface area contributed by atoms with E-state index < -0.39 is 10.7 Å². The Balaban J connectivity index is 3.59. The zero-order chi connectivity index (χ0) is 12.3. The molecular formula is C11H9FN2O2. The van der Waals surface area contributed by atoms with Gasteiger partial charge in [0.15, 0.2) is 0 Å². The molecule has 0 N–H and O–H groups in total. The van der Waals surface area contributed by atoms with E-state index in [-0.39, 0.29) is 16.8 Å². The molecule has 0 unspecified atom stereocenters. The quantitative estimate of drug-likeness (QED) is 0.568. The summed E-state index contributed by atoms with van der Waals surface area (Å²) in [4.78, 5) is 9.95. The van der Waals surface area contributed by atoms with Crippen LogP contribution in [0.25, 0.3) is 6.08 Å². The fraction of sp³-hybridized carbons (Fsp3) is 0.182. The van der Waals surface area contributed by atoms with Crippen LogP contribution in [0.4, 0.5) is 10.1 Å². The molecule has 0 radical (unpaired) electrons. The zero-order valence-corrected chi connectivity index (χ0v) is 8.82. The lowest BCUT2D eigenvalue weighted by Gasteiger charge is -2.02. The van der Waals surface area contributed by atoms with Crippen LogP contribution in [-0.4, -0.2) is 4.92 Å². The van der Waals surface area contributed by atoms with E-state index in [1.807, 2.05) is 0 Å². The first-order chi connectivity index (χ1) is 7.47. The number of nitro groups is 1. The van der Waals surface area contributed by atoms with Gasteiger partial charge >= 0.3 is 0 Å². The SMILES string of the molecule is CC(C)=Cc1c(F)ccc([N+](=O)[O-])c1C#N. The van der Waals surface area contributed by atoms with E-state index >= 15 is 0 Å². The number of nitro benzene ring substituents is 1. The highest BCUT2D eigenvalue weighted by molar-refractivity contribution is 5.66. The number of nitriles is 1. The topological polar surface area (TPSA) is 66.9 Å². The number of halogens is 1. The molecule has 0 bridgehead atoms. The summed E-state index contributed by atoms with van der Waals surface area (Å²) in [5, 5.41) is 19.5. The molecule has 1 aromatic rings. The molecule has 1 aromatic carbocycles. The molecule has 0 heterocycles. The molecule has 0 aliphatic carbocycles. The third kappa shape index (κ3) is 2.23. The largest absolute Gasteiger partial charge is 0.287 e. The number of hydrogen-bond donors (Lipinski definition) is 0. The molecule has 16 heavy (non-hydrogen) atoms. The monoisotopic (exact) mass is 220 g/mol. The average Bonchev–Trinajstić information content (AvgIpc) is 2.19. The van der Waals surface area contributed by atoms with Crippen molar-refractivity contribution in [2.75, 3.05) is 0 Å². The Morgan fingerprint density at radius 1 is 1.56 bits per heavy atom. The van der Waals surface area contributed by atoms with Gasteiger partial charge in [0, 0.05) is 11.6 Å². The van der Waals surface area contributed by atoms with Crippen molar-refractivity contribution in [1.29, 1.82) is 5.26 Å². The molecule has 0 aromatic heterocycles. The maximum Gasteiger partial charge on any atom is 0.287 e. The molecule has 0 saturated carbocycles. The van der Waals surface area contributed by atoms with Crippen molar-refractivity contribution in [3.63, 3.8) is 0 Å². The summed E-state index contributed by atoms with van der Waals surface area (Å²) in [6.07, 6.45) is 1.42. The van der Waals surface area contributed by atoms with Crippen molar-refractivity contribution in [2.24, 2.45) is 0 Å². The maximum absolute atomic E-state index is 13.4. The van der Waals surface area contributed by atoms with E-state index in [0.29, 0.717) is 0 Å². The predicted molar refractivity (Wildman–Crippen MR) is 57.1 cm³/mol. The summed E-state index contributed by atoms with van der Waals surface area (Å²) in [6, 6.07) is 3.66. The first-order valence-electron chi connectivity index (χ1n) is 4.49. The highest BCUT2D eigenvalue weighted by atomic mass is 19.1. The summed E-state index contributed by atoms with van der Waals surface area (Å²) in [6.45, 7) is 3.44. The second kappa shape index (κ2) is 4.53. The van der Waals surface area contributed by atoms with E-state index in [4.69, 9.17) is 5.26 Å². The van der Waals surface area contributed by atoms with Crippen molar-refractivity contribution in [2.45, 2.75) is 13.8 Å². The van der Waals surface area contributed by atoms with E-state index in [2.05, 4.69) is 0 Å². The second-order valence-corrected chi connectivity index (χ2v) is 3.45. The van der Waals surface area contributed by atoms with Gasteiger partial charge in [0.1, 0.15) is 17.4 Å². The molecule has 0 amide bonds. The van der Waals surface area contributed by atoms with Crippen LogP contribution in [0.5, 0.6) is 0 Å². The molecule has 1 rings (SSSR count). The van der Waals surface area contributed by atoms with Gasteiger partial charge < -0.3 is 0 Å². The van der Waals surface area contributed by atoms with Gasteiger partial charge in [-0.3, -0.25) is 10.1 Å². The van der Waals surface area contributed by atoms with Crippen LogP contribution in [-0.2, 0) is 0 Å². The van der Waals surface area contributed by atoms with Crippen molar-refractivity contribution in [3.05, 3.63) is 44.8 Å². The van der Waals surface area contributed by atoms with E-state index in [0.717, 1.165) is 17.7 Å². The van der Waals surface area contributed by atoms with Crippen LogP contribution >= 0.6 is 0 Å². The Bertz CT molecular complexity index is 511. The predicted octanol–water partition coefficient (Wildman–Crippen LogP) is 3.03. The Kier molecular flexibility index (Phi) is 3.36. The average molecular weight is 220 g/mol. The zero-order valence-electron chi connectivity index (χ0n) is 8.82. The molecule has 4 nitrogen and oxygen atoms in total. The van der Waals surface area contributed by atoms with E-state index in [9.17, 15) is 14.5 Å². The normalized spacial score (nSPS) is 9.38. The number of benzene rings is 1. The fourth-order valence-electron chi connectivity index (χ4n) is 1.28. The second-order valence-electron chi connectivity index (χ2n) is 3.45. The van der Waals surface area contributed by atoms with Gasteiger partial charge in [-0.05, 0) is 19.9 Å². The molecule has 0 aliphatic rings. The molecule has 0 fully saturated rings. The van der Waals surface area contributed by atoms with Gasteiger partial charge in [0.05, 0.1) is 4.92 Å². The van der Waals surface area contributed by atoms with Gasteiger partial charge in [-0.1, -0.05) is 11.6 Å². The summed E-state index contributed by atoms with van der Waals surface area (Å²) in [7, 11) is 0. The van der Waals surface area contributed by atoms with Gasteiger partial charge in [0.2, 0.25) is 0 Å². The molecule has 0 atom stereocenters. The minimum absolute atomic E-state index is 0.0308. The Morgan fingerprint density at radius 3 is 2.62 bits per heavy atom. The molecular weight excluding hydrogens is 211 g/mol. The molecule has 0 spiro atoms. The molecule has 82 valence electrons. The molecule has 5 heteroatoms. The Hall–Kier alpha value is -2.22. The maximum atomic E-state index is 13.4. The van der Waals surface area contributed by atoms with Crippen molar-refractivity contribution >= 4 is 11.8 Å². The first-order valence-corrected chi connectivity index (χ1v) is 4.49. The van der Waals surface area contributed by atoms with Gasteiger partial charge in [-0.25, -0.2) is 4.39 Å². The van der Waals surface area contributed by atoms with Crippen molar-refractivity contribution in [3.8, 4) is 6.07 Å². The van der Waals surface area contributed by atoms with Crippen LogP contribution in [0.15, 0.2) is 17.7 Å². The van der Waals surface area contributed by atoms with Crippen LogP contribution in [0.1, 0.15) is 25.0 Å². The molecule has 0 saturated heterocycles. The number of allylic oxidation sites excluding steroid dienone is 1. The lowest BCUT2D eigenvalue weighted by Crippen LogP contribution is -1.97. The van der Waals surface area contributed by atoms with Crippen LogP contribution < -0.4 is 0 Å². The summed E-state index contributed by atoms with van der Waals surface area (Å²) in [5.74, 6) is -0.636. The van der Waals surface area contributed by atoms with E-state index in [1.54, 1.807) is 19.9 Å². The van der Waals surface area contributed by atoms with E-state index in [1.165, 1.54) is 6.08 Å². The Labute approximate surface area is 91.8 Å². The van der Waals surface area contributed by atoms with Crippen LogP contribution in [0.2, 0.25) is 0 Å². The summed E-state index contributed by atoms with van der Waals surface area (Å²) < 4.78 is 13.4. The summed E-state index contributed by atoms with van der Waals surface area (Å²) >= 11 is 0. The van der Waals surface area contributed by atoms with Crippen LogP contribution in [0, 0.1) is 27.3 Å². The number of rotatable bonds is 2. The van der Waals surface area contributed by atoms with Gasteiger partial charge in [-0.15, -0.1) is 0 Å². The summed E-state index contributed by atoms with van der Waals surface area (Å²) in [5.41, 5.74) is 0.107. The van der Waals surface area contributed by atoms with Gasteiger partial charge in [0.25, 0.3) is 5.69 Å². The highest BCUT2D eigenvalue weighted by Crippen LogP contribution is 2.25. The highest BCUT2D eigenvalue weighted by Gasteiger charge is 2.19. The van der Waals surface area contributed by atoms with Gasteiger partial charge in [-0.2, -0.15) is 5.26 Å².